The molecule has 1 aliphatic heterocycles. The number of aromatic nitrogens is 3. The van der Waals surface area contributed by atoms with Crippen LogP contribution in [0.15, 0.2) is 30.5 Å². The van der Waals surface area contributed by atoms with E-state index in [4.69, 9.17) is 4.74 Å². The second-order valence-electron chi connectivity index (χ2n) is 8.13. The molecule has 30 heavy (non-hydrogen) atoms. The Kier molecular flexibility index (Phi) is 6.30. The number of amides is 2. The highest BCUT2D eigenvalue weighted by atomic mass is 16.5. The molecule has 1 saturated carbocycles. The van der Waals surface area contributed by atoms with E-state index in [9.17, 15) is 9.59 Å². The maximum atomic E-state index is 13.0. The van der Waals surface area contributed by atoms with Crippen molar-refractivity contribution < 1.29 is 14.3 Å². The molecule has 1 aromatic carbocycles. The van der Waals surface area contributed by atoms with Gasteiger partial charge in [-0.05, 0) is 44.6 Å². The molecular formula is C22H29N5O3. The molecule has 1 saturated heterocycles. The number of rotatable bonds is 8. The molecule has 160 valence electrons. The number of ether oxygens (including phenoxy) is 1. The number of likely N-dealkylation sites (tertiary alicyclic amines) is 1. The van der Waals surface area contributed by atoms with Crippen LogP contribution in [-0.4, -0.2) is 57.4 Å². The number of para-hydroxylation sites is 1. The van der Waals surface area contributed by atoms with Crippen molar-refractivity contribution in [2.45, 2.75) is 63.6 Å². The molecule has 1 N–H and O–H groups in total. The third-order valence-electron chi connectivity index (χ3n) is 5.86. The molecule has 2 aromatic rings. The van der Waals surface area contributed by atoms with Gasteiger partial charge in [0.1, 0.15) is 5.75 Å². The first-order valence-corrected chi connectivity index (χ1v) is 10.8. The van der Waals surface area contributed by atoms with Crippen molar-refractivity contribution in [3.8, 4) is 5.75 Å². The number of aryl methyl sites for hydroxylation is 1. The van der Waals surface area contributed by atoms with Crippen LogP contribution in [0.5, 0.6) is 5.75 Å². The van der Waals surface area contributed by atoms with E-state index >= 15 is 0 Å². The average Bonchev–Trinajstić information content (AvgIpc) is 3.45. The van der Waals surface area contributed by atoms with Gasteiger partial charge < -0.3 is 15.0 Å². The predicted molar refractivity (Wildman–Crippen MR) is 111 cm³/mol. The minimum absolute atomic E-state index is 0.132. The Morgan fingerprint density at radius 1 is 1.20 bits per heavy atom. The lowest BCUT2D eigenvalue weighted by molar-refractivity contribution is -0.134. The van der Waals surface area contributed by atoms with Gasteiger partial charge in [-0.15, -0.1) is 5.10 Å². The van der Waals surface area contributed by atoms with Gasteiger partial charge in [0.05, 0.1) is 19.7 Å². The molecule has 2 heterocycles. The zero-order chi connectivity index (χ0) is 20.9. The number of piperidine rings is 1. The number of methoxy groups -OCH3 is 1. The van der Waals surface area contributed by atoms with Gasteiger partial charge >= 0.3 is 0 Å². The number of hydrogen-bond donors (Lipinski definition) is 1. The van der Waals surface area contributed by atoms with Crippen LogP contribution in [0.2, 0.25) is 0 Å². The van der Waals surface area contributed by atoms with Gasteiger partial charge in [0.2, 0.25) is 5.91 Å². The molecule has 0 spiro atoms. The van der Waals surface area contributed by atoms with E-state index in [1.165, 1.54) is 0 Å². The Morgan fingerprint density at radius 3 is 2.83 bits per heavy atom. The lowest BCUT2D eigenvalue weighted by Crippen LogP contribution is -2.45. The number of carbonyl (C=O) groups is 2. The summed E-state index contributed by atoms with van der Waals surface area (Å²) < 4.78 is 7.10. The average molecular weight is 412 g/mol. The Bertz CT molecular complexity index is 892. The molecule has 8 heteroatoms. The molecular weight excluding hydrogens is 382 g/mol. The number of hydrogen-bond acceptors (Lipinski definition) is 5. The summed E-state index contributed by atoms with van der Waals surface area (Å²) in [4.78, 5) is 27.1. The molecule has 0 unspecified atom stereocenters. The minimum Gasteiger partial charge on any atom is -0.496 e. The Morgan fingerprint density at radius 2 is 2.03 bits per heavy atom. The second kappa shape index (κ2) is 9.28. The number of nitrogens with zero attached hydrogens (tertiary/aromatic N) is 4. The molecule has 2 aliphatic rings. The summed E-state index contributed by atoms with van der Waals surface area (Å²) in [5.41, 5.74) is 1.27. The summed E-state index contributed by atoms with van der Waals surface area (Å²) in [7, 11) is 1.63. The van der Waals surface area contributed by atoms with Gasteiger partial charge in [0.25, 0.3) is 5.91 Å². The topological polar surface area (TPSA) is 89.4 Å². The first-order chi connectivity index (χ1) is 14.6. The molecule has 2 amide bonds. The van der Waals surface area contributed by atoms with Crippen LogP contribution in [0.4, 0.5) is 0 Å². The van der Waals surface area contributed by atoms with Crippen LogP contribution in [0.3, 0.4) is 0 Å². The van der Waals surface area contributed by atoms with Gasteiger partial charge in [0.15, 0.2) is 5.69 Å². The van der Waals surface area contributed by atoms with Crippen molar-refractivity contribution in [1.82, 2.24) is 25.2 Å². The zero-order valence-electron chi connectivity index (χ0n) is 17.4. The van der Waals surface area contributed by atoms with Gasteiger partial charge in [-0.25, -0.2) is 0 Å². The Labute approximate surface area is 176 Å². The quantitative estimate of drug-likeness (QED) is 0.719. The van der Waals surface area contributed by atoms with Crippen molar-refractivity contribution >= 4 is 11.8 Å². The van der Waals surface area contributed by atoms with E-state index < -0.39 is 0 Å². The van der Waals surface area contributed by atoms with Gasteiger partial charge in [0, 0.05) is 30.7 Å². The first kappa shape index (κ1) is 20.4. The minimum atomic E-state index is -0.157. The zero-order valence-corrected chi connectivity index (χ0v) is 17.4. The van der Waals surface area contributed by atoms with E-state index in [2.05, 4.69) is 15.6 Å². The normalized spacial score (nSPS) is 18.8. The van der Waals surface area contributed by atoms with E-state index in [1.807, 2.05) is 29.2 Å². The van der Waals surface area contributed by atoms with Crippen LogP contribution in [0.25, 0.3) is 0 Å². The first-order valence-electron chi connectivity index (χ1n) is 10.8. The number of carbonyl (C=O) groups excluding carboxylic acids is 2. The van der Waals surface area contributed by atoms with E-state index in [0.29, 0.717) is 24.7 Å². The Balaban J connectivity index is 1.35. The highest BCUT2D eigenvalue weighted by molar-refractivity contribution is 5.92. The van der Waals surface area contributed by atoms with Crippen molar-refractivity contribution in [1.29, 1.82) is 0 Å². The summed E-state index contributed by atoms with van der Waals surface area (Å²) in [6.07, 6.45) is 8.06. The second-order valence-corrected chi connectivity index (χ2v) is 8.13. The third-order valence-corrected chi connectivity index (χ3v) is 5.86. The number of benzene rings is 1. The van der Waals surface area contributed by atoms with Gasteiger partial charge in [-0.3, -0.25) is 14.3 Å². The van der Waals surface area contributed by atoms with Crippen LogP contribution in [0.1, 0.15) is 54.6 Å². The van der Waals surface area contributed by atoms with Gasteiger partial charge in [-0.2, -0.15) is 0 Å². The fourth-order valence-corrected chi connectivity index (χ4v) is 4.02. The van der Waals surface area contributed by atoms with E-state index in [1.54, 1.807) is 18.0 Å². The van der Waals surface area contributed by atoms with Crippen LogP contribution >= 0.6 is 0 Å². The van der Waals surface area contributed by atoms with Crippen molar-refractivity contribution in [2.24, 2.45) is 0 Å². The summed E-state index contributed by atoms with van der Waals surface area (Å²) in [6.45, 7) is 1.41. The fraction of sp³-hybridized carbons (Fsp3) is 0.545. The molecule has 4 rings (SSSR count). The monoisotopic (exact) mass is 411 g/mol. The van der Waals surface area contributed by atoms with Crippen molar-refractivity contribution in [3.05, 3.63) is 41.7 Å². The maximum absolute atomic E-state index is 13.0. The lowest BCUT2D eigenvalue weighted by Gasteiger charge is -2.36. The lowest BCUT2D eigenvalue weighted by atomic mass is 9.98. The van der Waals surface area contributed by atoms with Crippen molar-refractivity contribution in [2.75, 3.05) is 13.7 Å². The molecule has 0 bridgehead atoms. The maximum Gasteiger partial charge on any atom is 0.273 e. The van der Waals surface area contributed by atoms with Crippen LogP contribution < -0.4 is 10.1 Å². The summed E-state index contributed by atoms with van der Waals surface area (Å²) >= 11 is 0. The smallest absolute Gasteiger partial charge is 0.273 e. The number of nitrogens with one attached hydrogen (secondary N) is 1. The summed E-state index contributed by atoms with van der Waals surface area (Å²) in [6, 6.07) is 8.15. The van der Waals surface area contributed by atoms with E-state index in [-0.39, 0.29) is 17.9 Å². The molecule has 2 fully saturated rings. The van der Waals surface area contributed by atoms with Crippen LogP contribution in [0, 0.1) is 0 Å². The Hall–Kier alpha value is -2.90. The van der Waals surface area contributed by atoms with Crippen molar-refractivity contribution in [3.63, 3.8) is 0 Å². The largest absolute Gasteiger partial charge is 0.496 e. The molecule has 1 aliphatic carbocycles. The fourth-order valence-electron chi connectivity index (χ4n) is 4.02. The molecule has 1 aromatic heterocycles. The van der Waals surface area contributed by atoms with Gasteiger partial charge in [-0.1, -0.05) is 23.4 Å². The molecule has 0 radical (unpaired) electrons. The molecule has 1 atom stereocenters. The molecule has 8 nitrogen and oxygen atoms in total. The summed E-state index contributed by atoms with van der Waals surface area (Å²) in [5, 5.41) is 11.0. The van der Waals surface area contributed by atoms with E-state index in [0.717, 1.165) is 56.4 Å². The standard InChI is InChI=1S/C22H29N5O3/c1-30-20-8-3-2-6-16(20)14-21(28)27-12-5-4-7-18(27)11-13-26-15-19(24-25-26)22(29)23-17-9-10-17/h2-3,6,8,15,17-18H,4-5,7,9-14H2,1H3,(H,23,29)/t18-/m1/s1. The highest BCUT2D eigenvalue weighted by Gasteiger charge is 2.28. The highest BCUT2D eigenvalue weighted by Crippen LogP contribution is 2.24. The SMILES string of the molecule is COc1ccccc1CC(=O)N1CCCC[C@@H]1CCn1cc(C(=O)NC2CC2)nn1. The predicted octanol–water partition coefficient (Wildman–Crippen LogP) is 2.19. The van der Waals surface area contributed by atoms with Crippen LogP contribution in [-0.2, 0) is 17.8 Å². The summed E-state index contributed by atoms with van der Waals surface area (Å²) in [5.74, 6) is 0.723. The third kappa shape index (κ3) is 4.98.